The van der Waals surface area contributed by atoms with Gasteiger partial charge in [-0.2, -0.15) is 9.61 Å². The van der Waals surface area contributed by atoms with Crippen LogP contribution in [0.4, 0.5) is 8.78 Å². The molecular weight excluding hydrogens is 458 g/mol. The molecule has 1 aromatic carbocycles. The van der Waals surface area contributed by atoms with Crippen LogP contribution < -0.4 is 10.4 Å². The van der Waals surface area contributed by atoms with Crippen LogP contribution in [0.5, 0.6) is 5.75 Å². The largest absolute Gasteiger partial charge is 0.488 e. The number of hydrogen-bond acceptors (Lipinski definition) is 7. The number of hydrogen-bond donors (Lipinski definition) is 0. The molecule has 0 saturated carbocycles. The second-order valence-electron chi connectivity index (χ2n) is 8.85. The van der Waals surface area contributed by atoms with E-state index in [1.54, 1.807) is 13.1 Å². The lowest BCUT2D eigenvalue weighted by Crippen LogP contribution is -2.44. The van der Waals surface area contributed by atoms with E-state index in [-0.39, 0.29) is 30.9 Å². The fraction of sp³-hybridized carbons (Fsp3) is 0.417. The number of ether oxygens (including phenoxy) is 2. The second kappa shape index (κ2) is 9.31. The van der Waals surface area contributed by atoms with Crippen molar-refractivity contribution in [2.24, 2.45) is 0 Å². The van der Waals surface area contributed by atoms with Crippen molar-refractivity contribution in [3.8, 4) is 5.75 Å². The van der Waals surface area contributed by atoms with Crippen LogP contribution in [-0.2, 0) is 17.8 Å². The average molecular weight is 485 g/mol. The summed E-state index contributed by atoms with van der Waals surface area (Å²) in [4.78, 5) is 24.3. The Morgan fingerprint density at radius 1 is 1.03 bits per heavy atom. The van der Waals surface area contributed by atoms with Crippen molar-refractivity contribution < 1.29 is 18.3 Å². The number of fused-ring (bicyclic) bond motifs is 3. The predicted octanol–water partition coefficient (Wildman–Crippen LogP) is 2.77. The molecule has 11 heteroatoms. The first-order chi connectivity index (χ1) is 16.8. The molecule has 0 aliphatic carbocycles. The number of benzene rings is 1. The van der Waals surface area contributed by atoms with E-state index in [9.17, 15) is 13.6 Å². The van der Waals surface area contributed by atoms with E-state index >= 15 is 0 Å². The van der Waals surface area contributed by atoms with Crippen LogP contribution in [0, 0.1) is 11.6 Å². The summed E-state index contributed by atoms with van der Waals surface area (Å²) in [5.41, 5.74) is 1.44. The zero-order valence-corrected chi connectivity index (χ0v) is 19.7. The Morgan fingerprint density at radius 3 is 2.43 bits per heavy atom. The van der Waals surface area contributed by atoms with Gasteiger partial charge < -0.3 is 9.47 Å². The monoisotopic (exact) mass is 484 g/mol. The summed E-state index contributed by atoms with van der Waals surface area (Å²) < 4.78 is 42.3. The first-order valence-electron chi connectivity index (χ1n) is 11.5. The molecule has 2 atom stereocenters. The van der Waals surface area contributed by atoms with Gasteiger partial charge in [-0.25, -0.2) is 23.5 Å². The third kappa shape index (κ3) is 4.48. The third-order valence-corrected chi connectivity index (χ3v) is 5.97. The fourth-order valence-electron chi connectivity index (χ4n) is 4.72. The molecule has 0 amide bonds. The molecule has 0 bridgehead atoms. The minimum absolute atomic E-state index is 0.101. The van der Waals surface area contributed by atoms with E-state index in [1.807, 2.05) is 19.9 Å². The van der Waals surface area contributed by atoms with Crippen LogP contribution >= 0.6 is 0 Å². The van der Waals surface area contributed by atoms with Crippen LogP contribution in [0.15, 0.2) is 35.5 Å². The van der Waals surface area contributed by atoms with Crippen molar-refractivity contribution in [1.29, 1.82) is 0 Å². The number of morpholine rings is 1. The van der Waals surface area contributed by atoms with Gasteiger partial charge in [-0.3, -0.25) is 9.47 Å². The molecule has 9 nitrogen and oxygen atoms in total. The van der Waals surface area contributed by atoms with E-state index in [2.05, 4.69) is 20.0 Å². The Morgan fingerprint density at radius 2 is 1.74 bits per heavy atom. The van der Waals surface area contributed by atoms with Gasteiger partial charge >= 0.3 is 5.69 Å². The second-order valence-corrected chi connectivity index (χ2v) is 8.85. The molecule has 2 unspecified atom stereocenters. The maximum absolute atomic E-state index is 14.4. The maximum atomic E-state index is 14.4. The highest BCUT2D eigenvalue weighted by Gasteiger charge is 2.23. The van der Waals surface area contributed by atoms with Crippen LogP contribution in [-0.4, -0.2) is 61.0 Å². The Kier molecular flexibility index (Phi) is 6.20. The van der Waals surface area contributed by atoms with E-state index in [0.717, 1.165) is 30.8 Å². The molecule has 0 spiro atoms. The maximum Gasteiger partial charge on any atom is 0.352 e. The Labute approximate surface area is 199 Å². The SMILES string of the molecule is CCOc1c(F)cc(Cn2c(=O)n3ncnc3c3cc(CN4CC(C)OC(C)C4)cnc32)cc1F. The van der Waals surface area contributed by atoms with Crippen molar-refractivity contribution in [1.82, 2.24) is 29.0 Å². The standard InChI is InChI=1S/C24H26F2N6O3/c1-4-34-21-19(25)6-16(7-20(21)26)12-31-22-18(23-28-13-29-32(23)24(31)33)5-17(8-27-22)11-30-9-14(2)35-15(3)10-30/h5-8,13-15H,4,9-12H2,1-3H3. The first-order valence-corrected chi connectivity index (χ1v) is 11.5. The van der Waals surface area contributed by atoms with Gasteiger partial charge in [-0.15, -0.1) is 0 Å². The quantitative estimate of drug-likeness (QED) is 0.416. The summed E-state index contributed by atoms with van der Waals surface area (Å²) in [5.74, 6) is -2.09. The van der Waals surface area contributed by atoms with Crippen LogP contribution in [0.25, 0.3) is 16.7 Å². The van der Waals surface area contributed by atoms with Crippen molar-refractivity contribution in [2.45, 2.75) is 46.1 Å². The molecule has 1 saturated heterocycles. The topological polar surface area (TPSA) is 86.8 Å². The van der Waals surface area contributed by atoms with Crippen molar-refractivity contribution >= 4 is 16.7 Å². The molecule has 0 radical (unpaired) electrons. The summed E-state index contributed by atoms with van der Waals surface area (Å²) >= 11 is 0. The summed E-state index contributed by atoms with van der Waals surface area (Å²) in [6, 6.07) is 4.26. The van der Waals surface area contributed by atoms with Gasteiger partial charge in [0.05, 0.1) is 30.7 Å². The lowest BCUT2D eigenvalue weighted by Gasteiger charge is -2.35. The van der Waals surface area contributed by atoms with Gasteiger partial charge in [0.15, 0.2) is 23.0 Å². The van der Waals surface area contributed by atoms with Gasteiger partial charge in [0.2, 0.25) is 0 Å². The zero-order valence-electron chi connectivity index (χ0n) is 19.7. The molecule has 184 valence electrons. The molecule has 1 aliphatic rings. The predicted molar refractivity (Wildman–Crippen MR) is 124 cm³/mol. The fourth-order valence-corrected chi connectivity index (χ4v) is 4.72. The normalized spacial score (nSPS) is 19.0. The molecule has 1 aliphatic heterocycles. The van der Waals surface area contributed by atoms with Crippen molar-refractivity contribution in [3.05, 3.63) is 64.0 Å². The number of aromatic nitrogens is 5. The average Bonchev–Trinajstić information content (AvgIpc) is 3.29. The van der Waals surface area contributed by atoms with E-state index in [1.165, 1.54) is 15.4 Å². The molecule has 4 aromatic rings. The van der Waals surface area contributed by atoms with Crippen LogP contribution in [0.1, 0.15) is 31.9 Å². The zero-order chi connectivity index (χ0) is 24.7. The molecule has 4 heterocycles. The highest BCUT2D eigenvalue weighted by Crippen LogP contribution is 2.25. The van der Waals surface area contributed by atoms with E-state index in [4.69, 9.17) is 9.47 Å². The minimum Gasteiger partial charge on any atom is -0.488 e. The smallest absolute Gasteiger partial charge is 0.352 e. The Hall–Kier alpha value is -3.44. The molecule has 0 N–H and O–H groups in total. The molecule has 35 heavy (non-hydrogen) atoms. The summed E-state index contributed by atoms with van der Waals surface area (Å²) in [6.45, 7) is 8.04. The highest BCUT2D eigenvalue weighted by molar-refractivity contribution is 5.89. The van der Waals surface area contributed by atoms with Crippen LogP contribution in [0.3, 0.4) is 0 Å². The van der Waals surface area contributed by atoms with Gasteiger partial charge in [0.1, 0.15) is 12.0 Å². The summed E-state index contributed by atoms with van der Waals surface area (Å²) in [7, 11) is 0. The van der Waals surface area contributed by atoms with Gasteiger partial charge in [0, 0.05) is 25.8 Å². The third-order valence-electron chi connectivity index (χ3n) is 5.97. The Bertz CT molecular complexity index is 1420. The van der Waals surface area contributed by atoms with E-state index in [0.29, 0.717) is 23.2 Å². The van der Waals surface area contributed by atoms with Crippen molar-refractivity contribution in [3.63, 3.8) is 0 Å². The minimum atomic E-state index is -0.828. The highest BCUT2D eigenvalue weighted by atomic mass is 19.1. The van der Waals surface area contributed by atoms with Gasteiger partial charge in [-0.05, 0) is 50.1 Å². The first kappa shape index (κ1) is 23.3. The van der Waals surface area contributed by atoms with Crippen molar-refractivity contribution in [2.75, 3.05) is 19.7 Å². The lowest BCUT2D eigenvalue weighted by molar-refractivity contribution is -0.0705. The van der Waals surface area contributed by atoms with Gasteiger partial charge in [0.25, 0.3) is 0 Å². The number of halogens is 2. The van der Waals surface area contributed by atoms with Gasteiger partial charge in [-0.1, -0.05) is 0 Å². The number of pyridine rings is 1. The molecular formula is C24H26F2N6O3. The molecule has 1 fully saturated rings. The lowest BCUT2D eigenvalue weighted by atomic mass is 10.1. The van der Waals surface area contributed by atoms with E-state index < -0.39 is 23.1 Å². The number of nitrogens with zero attached hydrogens (tertiary/aromatic N) is 6. The number of rotatable bonds is 6. The Balaban J connectivity index is 1.55. The molecule has 3 aromatic heterocycles. The summed E-state index contributed by atoms with van der Waals surface area (Å²) in [5, 5.41) is 4.68. The van der Waals surface area contributed by atoms with Crippen LogP contribution in [0.2, 0.25) is 0 Å². The summed E-state index contributed by atoms with van der Waals surface area (Å²) in [6.07, 6.45) is 3.29. The molecule has 5 rings (SSSR count).